The summed E-state index contributed by atoms with van der Waals surface area (Å²) < 4.78 is 1.13. The molecular formula is C17H22BrNS. The molecule has 1 aromatic heterocycles. The third-order valence-electron chi connectivity index (χ3n) is 3.48. The molecule has 20 heavy (non-hydrogen) atoms. The molecule has 1 aromatic carbocycles. The van der Waals surface area contributed by atoms with Gasteiger partial charge in [0.25, 0.3) is 0 Å². The highest BCUT2D eigenvalue weighted by molar-refractivity contribution is 9.10. The highest BCUT2D eigenvalue weighted by Crippen LogP contribution is 2.35. The van der Waals surface area contributed by atoms with Gasteiger partial charge in [-0.05, 0) is 54.8 Å². The fraction of sp³-hybridized carbons (Fsp3) is 0.412. The summed E-state index contributed by atoms with van der Waals surface area (Å²) in [5.41, 5.74) is 2.87. The van der Waals surface area contributed by atoms with E-state index in [4.69, 9.17) is 0 Å². The molecule has 0 aliphatic rings. The second-order valence-electron chi connectivity index (χ2n) is 6.17. The van der Waals surface area contributed by atoms with Crippen LogP contribution >= 0.6 is 27.3 Å². The Morgan fingerprint density at radius 2 is 1.85 bits per heavy atom. The Hall–Kier alpha value is -0.640. The average molecular weight is 352 g/mol. The van der Waals surface area contributed by atoms with Gasteiger partial charge in [0.1, 0.15) is 0 Å². The molecular weight excluding hydrogens is 330 g/mol. The molecule has 0 bridgehead atoms. The van der Waals surface area contributed by atoms with E-state index in [1.54, 1.807) is 0 Å². The van der Waals surface area contributed by atoms with Gasteiger partial charge in [0, 0.05) is 14.2 Å². The Morgan fingerprint density at radius 3 is 2.35 bits per heavy atom. The first-order valence-corrected chi connectivity index (χ1v) is 8.47. The zero-order valence-corrected chi connectivity index (χ0v) is 15.2. The van der Waals surface area contributed by atoms with Gasteiger partial charge in [-0.3, -0.25) is 0 Å². The highest BCUT2D eigenvalue weighted by atomic mass is 79.9. The SMILES string of the molecule is CNC(c1ccc(C(C)(C)C)s1)c1ccc(Br)cc1C. The van der Waals surface area contributed by atoms with Crippen LogP contribution in [0.2, 0.25) is 0 Å². The Bertz CT molecular complexity index is 595. The number of hydrogen-bond acceptors (Lipinski definition) is 2. The zero-order chi connectivity index (χ0) is 14.9. The van der Waals surface area contributed by atoms with Gasteiger partial charge in [-0.2, -0.15) is 0 Å². The van der Waals surface area contributed by atoms with E-state index in [1.807, 2.05) is 18.4 Å². The Balaban J connectivity index is 2.40. The quantitative estimate of drug-likeness (QED) is 0.777. The van der Waals surface area contributed by atoms with Crippen LogP contribution in [0, 0.1) is 6.92 Å². The molecule has 0 aliphatic carbocycles. The van der Waals surface area contributed by atoms with Gasteiger partial charge in [-0.15, -0.1) is 11.3 Å². The second-order valence-corrected chi connectivity index (χ2v) is 8.21. The Kier molecular flexibility index (Phi) is 4.73. The fourth-order valence-electron chi connectivity index (χ4n) is 2.33. The summed E-state index contributed by atoms with van der Waals surface area (Å²) in [6, 6.07) is 11.3. The molecule has 1 N–H and O–H groups in total. The maximum atomic E-state index is 3.54. The number of thiophene rings is 1. The smallest absolute Gasteiger partial charge is 0.0671 e. The summed E-state index contributed by atoms with van der Waals surface area (Å²) in [4.78, 5) is 2.81. The van der Waals surface area contributed by atoms with Crippen LogP contribution in [0.5, 0.6) is 0 Å². The van der Waals surface area contributed by atoms with E-state index in [9.17, 15) is 0 Å². The van der Waals surface area contributed by atoms with E-state index < -0.39 is 0 Å². The molecule has 0 spiro atoms. The number of nitrogens with one attached hydrogen (secondary N) is 1. The van der Waals surface area contributed by atoms with Crippen molar-refractivity contribution in [2.24, 2.45) is 0 Å². The van der Waals surface area contributed by atoms with Crippen LogP contribution in [0.15, 0.2) is 34.8 Å². The minimum Gasteiger partial charge on any atom is -0.309 e. The largest absolute Gasteiger partial charge is 0.309 e. The van der Waals surface area contributed by atoms with Gasteiger partial charge >= 0.3 is 0 Å². The van der Waals surface area contributed by atoms with Gasteiger partial charge in [0.2, 0.25) is 0 Å². The minimum absolute atomic E-state index is 0.218. The van der Waals surface area contributed by atoms with E-state index in [1.165, 1.54) is 20.9 Å². The van der Waals surface area contributed by atoms with Crippen LogP contribution in [0.4, 0.5) is 0 Å². The van der Waals surface area contributed by atoms with Crippen molar-refractivity contribution in [1.29, 1.82) is 0 Å². The van der Waals surface area contributed by atoms with Crippen molar-refractivity contribution >= 4 is 27.3 Å². The maximum Gasteiger partial charge on any atom is 0.0671 e. The number of rotatable bonds is 3. The first-order chi connectivity index (χ1) is 9.32. The van der Waals surface area contributed by atoms with Crippen LogP contribution in [-0.2, 0) is 5.41 Å². The lowest BCUT2D eigenvalue weighted by atomic mass is 9.95. The highest BCUT2D eigenvalue weighted by Gasteiger charge is 2.21. The molecule has 0 aliphatic heterocycles. The summed E-state index contributed by atoms with van der Waals surface area (Å²) in [7, 11) is 2.03. The predicted octanol–water partition coefficient (Wildman–Crippen LogP) is 5.43. The molecule has 0 fully saturated rings. The fourth-order valence-corrected chi connectivity index (χ4v) is 4.00. The standard InChI is InChI=1S/C17H22BrNS/c1-11-10-12(18)6-7-13(11)16(19-5)14-8-9-15(20-14)17(2,3)4/h6-10,16,19H,1-5H3. The van der Waals surface area contributed by atoms with E-state index in [2.05, 4.69) is 79.3 Å². The summed E-state index contributed by atoms with van der Waals surface area (Å²) in [5, 5.41) is 3.45. The number of aryl methyl sites for hydroxylation is 1. The van der Waals surface area contributed by atoms with Crippen molar-refractivity contribution in [1.82, 2.24) is 5.32 Å². The molecule has 1 heterocycles. The van der Waals surface area contributed by atoms with E-state index >= 15 is 0 Å². The summed E-state index contributed by atoms with van der Waals surface area (Å²) in [6.07, 6.45) is 0. The average Bonchev–Trinajstić information content (AvgIpc) is 2.82. The lowest BCUT2D eigenvalue weighted by molar-refractivity contribution is 0.604. The predicted molar refractivity (Wildman–Crippen MR) is 92.8 cm³/mol. The molecule has 0 saturated carbocycles. The number of halogens is 1. The topological polar surface area (TPSA) is 12.0 Å². The lowest BCUT2D eigenvalue weighted by Crippen LogP contribution is -2.17. The van der Waals surface area contributed by atoms with Crippen molar-refractivity contribution in [2.45, 2.75) is 39.2 Å². The van der Waals surface area contributed by atoms with Gasteiger partial charge in [0.15, 0.2) is 0 Å². The van der Waals surface area contributed by atoms with Crippen LogP contribution in [0.3, 0.4) is 0 Å². The first-order valence-electron chi connectivity index (χ1n) is 6.86. The molecule has 0 saturated heterocycles. The van der Waals surface area contributed by atoms with E-state index in [-0.39, 0.29) is 11.5 Å². The molecule has 108 valence electrons. The molecule has 0 amide bonds. The van der Waals surface area contributed by atoms with Crippen molar-refractivity contribution in [3.05, 3.63) is 55.7 Å². The third-order valence-corrected chi connectivity index (χ3v) is 5.55. The summed E-state index contributed by atoms with van der Waals surface area (Å²) in [6.45, 7) is 8.97. The zero-order valence-electron chi connectivity index (χ0n) is 12.8. The normalized spacial score (nSPS) is 13.5. The van der Waals surface area contributed by atoms with Crippen LogP contribution in [0.1, 0.15) is 47.7 Å². The molecule has 2 aromatic rings. The summed E-state index contributed by atoms with van der Waals surface area (Å²) >= 11 is 5.44. The van der Waals surface area contributed by atoms with Gasteiger partial charge < -0.3 is 5.32 Å². The molecule has 1 unspecified atom stereocenters. The Morgan fingerprint density at radius 1 is 1.15 bits per heavy atom. The molecule has 1 nitrogen and oxygen atoms in total. The van der Waals surface area contributed by atoms with E-state index in [0.717, 1.165) is 4.47 Å². The molecule has 1 atom stereocenters. The molecule has 3 heteroatoms. The maximum absolute atomic E-state index is 3.54. The van der Waals surface area contributed by atoms with Crippen molar-refractivity contribution in [3.8, 4) is 0 Å². The lowest BCUT2D eigenvalue weighted by Gasteiger charge is -2.19. The van der Waals surface area contributed by atoms with Gasteiger partial charge in [0.05, 0.1) is 6.04 Å². The van der Waals surface area contributed by atoms with Gasteiger partial charge in [-0.25, -0.2) is 0 Å². The second kappa shape index (κ2) is 6.00. The van der Waals surface area contributed by atoms with Crippen LogP contribution < -0.4 is 5.32 Å². The monoisotopic (exact) mass is 351 g/mol. The van der Waals surface area contributed by atoms with Crippen molar-refractivity contribution < 1.29 is 0 Å². The van der Waals surface area contributed by atoms with Crippen molar-refractivity contribution in [2.75, 3.05) is 7.05 Å². The molecule has 2 rings (SSSR count). The minimum atomic E-state index is 0.218. The Labute approximate surface area is 134 Å². The van der Waals surface area contributed by atoms with Crippen LogP contribution in [-0.4, -0.2) is 7.05 Å². The number of benzene rings is 1. The molecule has 0 radical (unpaired) electrons. The first kappa shape index (κ1) is 15.7. The van der Waals surface area contributed by atoms with Crippen LogP contribution in [0.25, 0.3) is 0 Å². The summed E-state index contributed by atoms with van der Waals surface area (Å²) in [5.74, 6) is 0. The number of hydrogen-bond donors (Lipinski definition) is 1. The van der Waals surface area contributed by atoms with Crippen molar-refractivity contribution in [3.63, 3.8) is 0 Å². The van der Waals surface area contributed by atoms with Gasteiger partial charge in [-0.1, -0.05) is 42.8 Å². The third kappa shape index (κ3) is 3.33. The van der Waals surface area contributed by atoms with E-state index in [0.29, 0.717) is 0 Å².